The van der Waals surface area contributed by atoms with Crippen molar-refractivity contribution in [1.82, 2.24) is 9.97 Å². The molecule has 80 valence electrons. The molecule has 4 heteroatoms. The molecular weight excluding hydrogens is 192 g/mol. The molecule has 3 rings (SSSR count). The van der Waals surface area contributed by atoms with E-state index in [9.17, 15) is 4.79 Å². The summed E-state index contributed by atoms with van der Waals surface area (Å²) in [4.78, 5) is 19.2. The molecule has 1 aliphatic carbocycles. The standard InChI is InChI=1S/C11H14N2O2/c1-6-4-7(6)10-12-9-2-3-15-5-8(9)11(14)13-10/h6-7H,2-5H2,1H3,(H,12,13,14). The molecule has 2 unspecified atom stereocenters. The van der Waals surface area contributed by atoms with Crippen LogP contribution in [0, 0.1) is 5.92 Å². The summed E-state index contributed by atoms with van der Waals surface area (Å²) in [6.45, 7) is 3.29. The van der Waals surface area contributed by atoms with Crippen molar-refractivity contribution in [3.8, 4) is 0 Å². The van der Waals surface area contributed by atoms with Gasteiger partial charge in [-0.2, -0.15) is 0 Å². The Kier molecular flexibility index (Phi) is 1.92. The van der Waals surface area contributed by atoms with Gasteiger partial charge in [-0.15, -0.1) is 0 Å². The van der Waals surface area contributed by atoms with Crippen molar-refractivity contribution in [2.75, 3.05) is 6.61 Å². The predicted molar refractivity (Wildman–Crippen MR) is 54.7 cm³/mol. The van der Waals surface area contributed by atoms with Crippen molar-refractivity contribution in [2.24, 2.45) is 5.92 Å². The van der Waals surface area contributed by atoms with Gasteiger partial charge in [-0.05, 0) is 12.3 Å². The first-order valence-electron chi connectivity index (χ1n) is 5.45. The molecule has 2 heterocycles. The summed E-state index contributed by atoms with van der Waals surface area (Å²) in [5.74, 6) is 2.03. The van der Waals surface area contributed by atoms with Crippen molar-refractivity contribution in [3.05, 3.63) is 27.4 Å². The van der Waals surface area contributed by atoms with Crippen LogP contribution in [0.25, 0.3) is 0 Å². The second-order valence-electron chi connectivity index (χ2n) is 4.50. The minimum Gasteiger partial charge on any atom is -0.376 e. The summed E-state index contributed by atoms with van der Waals surface area (Å²) in [6.07, 6.45) is 1.92. The Labute approximate surface area is 87.7 Å². The molecule has 1 fully saturated rings. The SMILES string of the molecule is CC1CC1c1nc2c(c(=O)[nH]1)COCC2. The highest BCUT2D eigenvalue weighted by atomic mass is 16.5. The smallest absolute Gasteiger partial charge is 0.256 e. The summed E-state index contributed by atoms with van der Waals surface area (Å²) in [7, 11) is 0. The molecule has 1 saturated carbocycles. The molecule has 1 N–H and O–H groups in total. The van der Waals surface area contributed by atoms with E-state index in [1.165, 1.54) is 0 Å². The van der Waals surface area contributed by atoms with Crippen molar-refractivity contribution in [1.29, 1.82) is 0 Å². The second kappa shape index (κ2) is 3.17. The molecule has 0 aromatic carbocycles. The maximum atomic E-state index is 11.7. The first-order chi connectivity index (χ1) is 7.25. The van der Waals surface area contributed by atoms with Crippen LogP contribution >= 0.6 is 0 Å². The van der Waals surface area contributed by atoms with E-state index in [-0.39, 0.29) is 5.56 Å². The number of H-pyrrole nitrogens is 1. The average molecular weight is 206 g/mol. The predicted octanol–water partition coefficient (Wildman–Crippen LogP) is 0.966. The largest absolute Gasteiger partial charge is 0.376 e. The summed E-state index contributed by atoms with van der Waals surface area (Å²) < 4.78 is 5.25. The van der Waals surface area contributed by atoms with Gasteiger partial charge < -0.3 is 9.72 Å². The Bertz CT molecular complexity index is 452. The monoisotopic (exact) mass is 206 g/mol. The highest BCUT2D eigenvalue weighted by Gasteiger charge is 2.36. The lowest BCUT2D eigenvalue weighted by atomic mass is 10.1. The van der Waals surface area contributed by atoms with Crippen LogP contribution in [0.1, 0.15) is 36.3 Å². The van der Waals surface area contributed by atoms with Crippen LogP contribution in [-0.4, -0.2) is 16.6 Å². The first kappa shape index (κ1) is 9.09. The number of hydrogen-bond acceptors (Lipinski definition) is 3. The van der Waals surface area contributed by atoms with Gasteiger partial charge in [0.2, 0.25) is 0 Å². The van der Waals surface area contributed by atoms with Gasteiger partial charge in [-0.1, -0.05) is 6.92 Å². The Morgan fingerprint density at radius 1 is 1.53 bits per heavy atom. The number of hydrogen-bond donors (Lipinski definition) is 1. The molecule has 0 bridgehead atoms. The third-order valence-electron chi connectivity index (χ3n) is 3.31. The van der Waals surface area contributed by atoms with Crippen molar-refractivity contribution < 1.29 is 4.74 Å². The molecule has 0 spiro atoms. The van der Waals surface area contributed by atoms with Crippen LogP contribution in [0.3, 0.4) is 0 Å². The van der Waals surface area contributed by atoms with E-state index in [0.29, 0.717) is 25.0 Å². The third kappa shape index (κ3) is 1.49. The Morgan fingerprint density at radius 3 is 3.07 bits per heavy atom. The molecule has 0 saturated heterocycles. The maximum absolute atomic E-state index is 11.7. The van der Waals surface area contributed by atoms with Crippen LogP contribution in [-0.2, 0) is 17.8 Å². The summed E-state index contributed by atoms with van der Waals surface area (Å²) >= 11 is 0. The van der Waals surface area contributed by atoms with Gasteiger partial charge in [0.25, 0.3) is 5.56 Å². The molecule has 0 radical (unpaired) electrons. The van der Waals surface area contributed by atoms with E-state index in [1.807, 2.05) is 0 Å². The van der Waals surface area contributed by atoms with Crippen LogP contribution in [0.15, 0.2) is 4.79 Å². The number of rotatable bonds is 1. The quantitative estimate of drug-likeness (QED) is 0.744. The topological polar surface area (TPSA) is 55.0 Å². The molecule has 2 aliphatic rings. The molecule has 0 amide bonds. The summed E-state index contributed by atoms with van der Waals surface area (Å²) in [5.41, 5.74) is 1.66. The van der Waals surface area contributed by atoms with Gasteiger partial charge in [-0.3, -0.25) is 4.79 Å². The van der Waals surface area contributed by atoms with Gasteiger partial charge in [-0.25, -0.2) is 4.98 Å². The van der Waals surface area contributed by atoms with Crippen LogP contribution < -0.4 is 5.56 Å². The Hall–Kier alpha value is -1.16. The molecular formula is C11H14N2O2. The number of ether oxygens (including phenoxy) is 1. The first-order valence-corrected chi connectivity index (χ1v) is 5.45. The molecule has 1 aromatic heterocycles. The zero-order valence-corrected chi connectivity index (χ0v) is 8.75. The summed E-state index contributed by atoms with van der Waals surface area (Å²) in [6, 6.07) is 0. The van der Waals surface area contributed by atoms with Crippen molar-refractivity contribution in [3.63, 3.8) is 0 Å². The Morgan fingerprint density at radius 2 is 2.33 bits per heavy atom. The molecule has 2 atom stereocenters. The number of aromatic amines is 1. The fourth-order valence-corrected chi connectivity index (χ4v) is 2.14. The molecule has 1 aromatic rings. The number of nitrogens with one attached hydrogen (secondary N) is 1. The third-order valence-corrected chi connectivity index (χ3v) is 3.31. The molecule has 4 nitrogen and oxygen atoms in total. The van der Waals surface area contributed by atoms with Crippen molar-refractivity contribution >= 4 is 0 Å². The fraction of sp³-hybridized carbons (Fsp3) is 0.636. The van der Waals surface area contributed by atoms with E-state index >= 15 is 0 Å². The zero-order chi connectivity index (χ0) is 10.4. The molecule has 1 aliphatic heterocycles. The maximum Gasteiger partial charge on any atom is 0.256 e. The van der Waals surface area contributed by atoms with Gasteiger partial charge in [0.15, 0.2) is 0 Å². The van der Waals surface area contributed by atoms with Crippen LogP contribution in [0.2, 0.25) is 0 Å². The summed E-state index contributed by atoms with van der Waals surface area (Å²) in [5, 5.41) is 0. The lowest BCUT2D eigenvalue weighted by Gasteiger charge is -2.15. The van der Waals surface area contributed by atoms with Gasteiger partial charge >= 0.3 is 0 Å². The number of fused-ring (bicyclic) bond motifs is 1. The lowest BCUT2D eigenvalue weighted by Crippen LogP contribution is -2.25. The van der Waals surface area contributed by atoms with Crippen LogP contribution in [0.4, 0.5) is 0 Å². The van der Waals surface area contributed by atoms with Crippen LogP contribution in [0.5, 0.6) is 0 Å². The van der Waals surface area contributed by atoms with E-state index in [0.717, 1.165) is 29.9 Å². The molecule has 15 heavy (non-hydrogen) atoms. The normalized spacial score (nSPS) is 28.6. The number of nitrogens with zero attached hydrogens (tertiary/aromatic N) is 1. The highest BCUT2D eigenvalue weighted by Crippen LogP contribution is 2.45. The van der Waals surface area contributed by atoms with Gasteiger partial charge in [0.1, 0.15) is 5.82 Å². The average Bonchev–Trinajstić information content (AvgIpc) is 2.96. The lowest BCUT2D eigenvalue weighted by molar-refractivity contribution is 0.108. The zero-order valence-electron chi connectivity index (χ0n) is 8.75. The van der Waals surface area contributed by atoms with E-state index in [2.05, 4.69) is 16.9 Å². The van der Waals surface area contributed by atoms with E-state index in [1.54, 1.807) is 0 Å². The van der Waals surface area contributed by atoms with Gasteiger partial charge in [0.05, 0.1) is 24.5 Å². The fourth-order valence-electron chi connectivity index (χ4n) is 2.14. The minimum atomic E-state index is -0.00574. The minimum absolute atomic E-state index is 0.00574. The highest BCUT2D eigenvalue weighted by molar-refractivity contribution is 5.22. The van der Waals surface area contributed by atoms with E-state index in [4.69, 9.17) is 4.74 Å². The van der Waals surface area contributed by atoms with Crippen molar-refractivity contribution in [2.45, 2.75) is 32.3 Å². The van der Waals surface area contributed by atoms with E-state index < -0.39 is 0 Å². The Balaban J connectivity index is 2.05. The second-order valence-corrected chi connectivity index (χ2v) is 4.50. The number of aromatic nitrogens is 2. The van der Waals surface area contributed by atoms with Gasteiger partial charge in [0, 0.05) is 12.3 Å².